The van der Waals surface area contributed by atoms with Gasteiger partial charge in [0.1, 0.15) is 0 Å². The van der Waals surface area contributed by atoms with E-state index in [2.05, 4.69) is 13.8 Å². The average Bonchev–Trinajstić information content (AvgIpc) is 2.73. The van der Waals surface area contributed by atoms with Crippen LogP contribution in [0.5, 0.6) is 0 Å². The van der Waals surface area contributed by atoms with Crippen LogP contribution in [0.4, 0.5) is 0 Å². The van der Waals surface area contributed by atoms with Gasteiger partial charge in [-0.25, -0.2) is 9.59 Å². The lowest BCUT2D eigenvalue weighted by Crippen LogP contribution is -2.42. The van der Waals surface area contributed by atoms with E-state index >= 15 is 0 Å². The molecule has 4 unspecified atom stereocenters. The van der Waals surface area contributed by atoms with Gasteiger partial charge in [0.2, 0.25) is 0 Å². The summed E-state index contributed by atoms with van der Waals surface area (Å²) in [5.74, 6) is -0.345. The molecule has 8 nitrogen and oxygen atoms in total. The number of carbonyl (C=O) groups is 2. The molecule has 0 radical (unpaired) electrons. The number of hydrogen-bond acceptors (Lipinski definition) is 8. The first-order chi connectivity index (χ1) is 15.7. The van der Waals surface area contributed by atoms with E-state index in [9.17, 15) is 9.59 Å². The molecule has 0 aliphatic heterocycles. The highest BCUT2D eigenvalue weighted by Gasteiger charge is 2.33. The van der Waals surface area contributed by atoms with Crippen molar-refractivity contribution in [3.8, 4) is 0 Å². The molecule has 1 rings (SSSR count). The molecule has 4 atom stereocenters. The molecule has 0 heterocycles. The minimum absolute atomic E-state index is 0.304. The fourth-order valence-electron chi connectivity index (χ4n) is 4.23. The summed E-state index contributed by atoms with van der Waals surface area (Å²) in [4.78, 5) is 25.2. The van der Waals surface area contributed by atoms with Gasteiger partial charge in [-0.1, -0.05) is 41.5 Å². The number of ether oxygens (including phenoxy) is 2. The molecule has 0 aliphatic carbocycles. The second kappa shape index (κ2) is 13.2. The van der Waals surface area contributed by atoms with E-state index in [-0.39, 0.29) is 0 Å². The van der Waals surface area contributed by atoms with Gasteiger partial charge < -0.3 is 20.9 Å². The molecule has 0 bridgehead atoms. The quantitative estimate of drug-likeness (QED) is 0.234. The highest BCUT2D eigenvalue weighted by Crippen LogP contribution is 2.32. The highest BCUT2D eigenvalue weighted by molar-refractivity contribution is 5.93. The summed E-state index contributed by atoms with van der Waals surface area (Å²) in [5, 5.41) is 0. The predicted molar refractivity (Wildman–Crippen MR) is 136 cm³/mol. The maximum absolute atomic E-state index is 12.6. The highest BCUT2D eigenvalue weighted by atomic mass is 16.6. The zero-order chi connectivity index (χ0) is 26.1. The number of rotatable bonds is 14. The molecule has 8 heteroatoms. The Balaban J connectivity index is 2.73. The van der Waals surface area contributed by atoms with Gasteiger partial charge in [-0.2, -0.15) is 0 Å². The molecule has 194 valence electrons. The minimum Gasteiger partial charge on any atom is -0.443 e. The van der Waals surface area contributed by atoms with Crippen molar-refractivity contribution in [1.29, 1.82) is 0 Å². The molecular weight excluding hydrogens is 432 g/mol. The Morgan fingerprint density at radius 1 is 0.735 bits per heavy atom. The van der Waals surface area contributed by atoms with E-state index in [0.29, 0.717) is 36.1 Å². The molecule has 8 N–H and O–H groups in total. The molecule has 0 aromatic heterocycles. The van der Waals surface area contributed by atoms with Crippen LogP contribution in [0.1, 0.15) is 87.9 Å². The molecule has 0 saturated carbocycles. The van der Waals surface area contributed by atoms with Gasteiger partial charge in [-0.3, -0.25) is 11.5 Å². The first-order valence-electron chi connectivity index (χ1n) is 12.2. The minimum atomic E-state index is -0.772. The Morgan fingerprint density at radius 3 is 1.29 bits per heavy atom. The van der Waals surface area contributed by atoms with Crippen molar-refractivity contribution in [1.82, 2.24) is 0 Å². The summed E-state index contributed by atoms with van der Waals surface area (Å²) in [5.41, 5.74) is 23.4. The molecule has 0 spiro atoms. The topological polar surface area (TPSA) is 157 Å². The zero-order valence-electron chi connectivity index (χ0n) is 21.8. The number of nitrogens with two attached hydrogens (primary N) is 4. The first kappa shape index (κ1) is 30.0. The molecule has 0 fully saturated rings. The van der Waals surface area contributed by atoms with Crippen molar-refractivity contribution in [3.05, 3.63) is 35.4 Å². The van der Waals surface area contributed by atoms with Crippen LogP contribution in [-0.2, 0) is 9.47 Å². The van der Waals surface area contributed by atoms with Crippen LogP contribution < -0.4 is 22.9 Å². The maximum Gasteiger partial charge on any atom is 0.339 e. The van der Waals surface area contributed by atoms with Crippen LogP contribution in [0.15, 0.2) is 24.3 Å². The van der Waals surface area contributed by atoms with Gasteiger partial charge in [0.25, 0.3) is 0 Å². The van der Waals surface area contributed by atoms with Crippen molar-refractivity contribution in [2.75, 3.05) is 13.1 Å². The third-order valence-electron chi connectivity index (χ3n) is 6.43. The van der Waals surface area contributed by atoms with Gasteiger partial charge in [-0.15, -0.1) is 0 Å². The fourth-order valence-corrected chi connectivity index (χ4v) is 4.23. The number of esters is 2. The van der Waals surface area contributed by atoms with E-state index in [1.165, 1.54) is 24.3 Å². The van der Waals surface area contributed by atoms with E-state index in [4.69, 9.17) is 32.4 Å². The van der Waals surface area contributed by atoms with Gasteiger partial charge in [-0.05, 0) is 74.9 Å². The van der Waals surface area contributed by atoms with Crippen LogP contribution in [-0.4, -0.2) is 37.5 Å². The van der Waals surface area contributed by atoms with Gasteiger partial charge in [0.15, 0.2) is 12.5 Å². The molecule has 1 aromatic carbocycles. The Bertz CT molecular complexity index is 715. The lowest BCUT2D eigenvalue weighted by molar-refractivity contribution is -0.0131. The van der Waals surface area contributed by atoms with E-state index in [1.807, 2.05) is 27.7 Å². The van der Waals surface area contributed by atoms with Gasteiger partial charge in [0.05, 0.1) is 11.1 Å². The van der Waals surface area contributed by atoms with Crippen molar-refractivity contribution in [3.63, 3.8) is 0 Å². The first-order valence-corrected chi connectivity index (χ1v) is 12.2. The van der Waals surface area contributed by atoms with E-state index in [1.54, 1.807) is 0 Å². The smallest absolute Gasteiger partial charge is 0.339 e. The second-order valence-electron chi connectivity index (χ2n) is 11.0. The average molecular weight is 479 g/mol. The van der Waals surface area contributed by atoms with Crippen LogP contribution >= 0.6 is 0 Å². The van der Waals surface area contributed by atoms with Crippen LogP contribution in [0, 0.1) is 22.7 Å². The Labute approximate surface area is 205 Å². The predicted octanol–water partition coefficient (Wildman–Crippen LogP) is 3.37. The zero-order valence-corrected chi connectivity index (χ0v) is 21.8. The Hall–Kier alpha value is -2.00. The molecule has 0 amide bonds. The fraction of sp³-hybridized carbons (Fsp3) is 0.692. The standard InChI is InChI=1S/C26H46N4O4/c1-17(11-13-27)15-25(3,4)23(29)33-21(31)19-7-9-20(10-8-19)22(32)34-24(30)26(5,6)16-18(2)12-14-28/h7-10,17-18,23-24H,11-16,27-30H2,1-6H3. The number of hydrogen-bond donors (Lipinski definition) is 4. The number of carbonyl (C=O) groups excluding carboxylic acids is 2. The van der Waals surface area contributed by atoms with Crippen LogP contribution in [0.25, 0.3) is 0 Å². The normalized spacial score (nSPS) is 15.8. The molecule has 0 aliphatic rings. The van der Waals surface area contributed by atoms with Crippen molar-refractivity contribution in [2.24, 2.45) is 45.6 Å². The van der Waals surface area contributed by atoms with E-state index < -0.39 is 35.2 Å². The largest absolute Gasteiger partial charge is 0.443 e. The summed E-state index contributed by atoms with van der Waals surface area (Å²) < 4.78 is 11.0. The van der Waals surface area contributed by atoms with Crippen molar-refractivity contribution in [2.45, 2.75) is 79.7 Å². The summed E-state index contributed by atoms with van der Waals surface area (Å²) in [6.07, 6.45) is 1.79. The molecule has 34 heavy (non-hydrogen) atoms. The second-order valence-corrected chi connectivity index (χ2v) is 11.0. The third kappa shape index (κ3) is 9.33. The summed E-state index contributed by atoms with van der Waals surface area (Å²) >= 11 is 0. The van der Waals surface area contributed by atoms with Crippen LogP contribution in [0.2, 0.25) is 0 Å². The maximum atomic E-state index is 12.6. The van der Waals surface area contributed by atoms with E-state index in [0.717, 1.165) is 25.7 Å². The van der Waals surface area contributed by atoms with Gasteiger partial charge >= 0.3 is 11.9 Å². The Kier molecular flexibility index (Phi) is 11.6. The van der Waals surface area contributed by atoms with Crippen molar-refractivity contribution >= 4 is 11.9 Å². The number of benzene rings is 1. The van der Waals surface area contributed by atoms with Crippen molar-refractivity contribution < 1.29 is 19.1 Å². The summed E-state index contributed by atoms with van der Waals surface area (Å²) in [6, 6.07) is 6.09. The van der Waals surface area contributed by atoms with Crippen LogP contribution in [0.3, 0.4) is 0 Å². The molecule has 0 saturated heterocycles. The summed E-state index contributed by atoms with van der Waals surface area (Å²) in [6.45, 7) is 13.3. The summed E-state index contributed by atoms with van der Waals surface area (Å²) in [7, 11) is 0. The monoisotopic (exact) mass is 478 g/mol. The lowest BCUT2D eigenvalue weighted by Gasteiger charge is -2.33. The third-order valence-corrected chi connectivity index (χ3v) is 6.43. The Morgan fingerprint density at radius 2 is 1.03 bits per heavy atom. The SMILES string of the molecule is CC(CCN)CC(C)(C)C(N)OC(=O)c1ccc(C(=O)OC(N)C(C)(C)CC(C)CCN)cc1. The lowest BCUT2D eigenvalue weighted by atomic mass is 9.81. The molecule has 1 aromatic rings. The van der Waals surface area contributed by atoms with Gasteiger partial charge in [0, 0.05) is 10.8 Å². The molecular formula is C26H46N4O4.